The van der Waals surface area contributed by atoms with Gasteiger partial charge in [-0.1, -0.05) is 0 Å². The molecule has 96 valence electrons. The van der Waals surface area contributed by atoms with Crippen LogP contribution in [0.2, 0.25) is 0 Å². The zero-order valence-electron chi connectivity index (χ0n) is 10.1. The first kappa shape index (κ1) is 11.9. The summed E-state index contributed by atoms with van der Waals surface area (Å²) in [4.78, 5) is 4.45. The van der Waals surface area contributed by atoms with Crippen molar-refractivity contribution in [2.45, 2.75) is 30.9 Å². The Balaban J connectivity index is 2.05. The maximum atomic E-state index is 13.4. The number of ether oxygens (including phenoxy) is 1. The Kier molecular flexibility index (Phi) is 2.99. The minimum Gasteiger partial charge on any atom is -0.381 e. The number of hydrogen-bond donors (Lipinski definition) is 0. The van der Waals surface area contributed by atoms with Gasteiger partial charge in [0.15, 0.2) is 0 Å². The number of nitrogens with zero attached hydrogens (tertiary/aromatic N) is 2. The van der Waals surface area contributed by atoms with E-state index in [1.54, 1.807) is 13.2 Å². The van der Waals surface area contributed by atoms with Crippen LogP contribution in [0.25, 0.3) is 11.0 Å². The molecule has 3 nitrogen and oxygen atoms in total. The molecule has 0 saturated heterocycles. The van der Waals surface area contributed by atoms with E-state index in [-0.39, 0.29) is 5.82 Å². The van der Waals surface area contributed by atoms with Crippen LogP contribution >= 0.6 is 11.6 Å². The van der Waals surface area contributed by atoms with Crippen molar-refractivity contribution < 1.29 is 9.13 Å². The molecule has 18 heavy (non-hydrogen) atoms. The lowest BCUT2D eigenvalue weighted by molar-refractivity contribution is 0.00674. The van der Waals surface area contributed by atoms with Gasteiger partial charge < -0.3 is 9.30 Å². The topological polar surface area (TPSA) is 27.1 Å². The molecular weight excluding hydrogens is 255 g/mol. The van der Waals surface area contributed by atoms with Gasteiger partial charge in [-0.15, -0.1) is 11.6 Å². The Hall–Kier alpha value is -1.13. The van der Waals surface area contributed by atoms with Gasteiger partial charge in [-0.05, 0) is 31.0 Å². The van der Waals surface area contributed by atoms with Crippen LogP contribution in [0.1, 0.15) is 24.7 Å². The summed E-state index contributed by atoms with van der Waals surface area (Å²) in [6.45, 7) is 0. The lowest BCUT2D eigenvalue weighted by atomic mass is 9.89. The van der Waals surface area contributed by atoms with Gasteiger partial charge in [0, 0.05) is 13.2 Å². The maximum Gasteiger partial charge on any atom is 0.125 e. The Morgan fingerprint density at radius 2 is 2.28 bits per heavy atom. The van der Waals surface area contributed by atoms with E-state index >= 15 is 0 Å². The lowest BCUT2D eigenvalue weighted by Gasteiger charge is -2.36. The summed E-state index contributed by atoms with van der Waals surface area (Å²) in [5.74, 6) is 0.897. The second-order valence-corrected chi connectivity index (χ2v) is 4.91. The van der Waals surface area contributed by atoms with Crippen LogP contribution in [0.5, 0.6) is 0 Å². The SMILES string of the molecule is COC1CC(n2c(CCl)nc3ccc(F)cc32)C1. The largest absolute Gasteiger partial charge is 0.381 e. The molecule has 0 bridgehead atoms. The van der Waals surface area contributed by atoms with Gasteiger partial charge in [0.05, 0.1) is 23.0 Å². The molecule has 1 aromatic heterocycles. The average Bonchev–Trinajstić information content (AvgIpc) is 2.66. The summed E-state index contributed by atoms with van der Waals surface area (Å²) in [6, 6.07) is 4.97. The number of aromatic nitrogens is 2. The van der Waals surface area contributed by atoms with Crippen LogP contribution < -0.4 is 0 Å². The molecule has 1 aliphatic rings. The molecule has 3 rings (SSSR count). The van der Waals surface area contributed by atoms with E-state index in [4.69, 9.17) is 16.3 Å². The molecular formula is C13H14ClFN2O. The Labute approximate surface area is 110 Å². The molecule has 5 heteroatoms. The summed E-state index contributed by atoms with van der Waals surface area (Å²) < 4.78 is 20.7. The van der Waals surface area contributed by atoms with Crippen molar-refractivity contribution in [1.82, 2.24) is 9.55 Å². The minimum absolute atomic E-state index is 0.243. The summed E-state index contributed by atoms with van der Waals surface area (Å²) in [6.07, 6.45) is 2.16. The molecule has 1 heterocycles. The zero-order chi connectivity index (χ0) is 12.7. The molecule has 1 aliphatic carbocycles. The number of alkyl halides is 1. The molecule has 1 saturated carbocycles. The first-order chi connectivity index (χ1) is 8.72. The smallest absolute Gasteiger partial charge is 0.125 e. The third-order valence-corrected chi connectivity index (χ3v) is 3.85. The van der Waals surface area contributed by atoms with Crippen molar-refractivity contribution >= 4 is 22.6 Å². The van der Waals surface area contributed by atoms with E-state index < -0.39 is 0 Å². The highest BCUT2D eigenvalue weighted by atomic mass is 35.5. The standard InChI is InChI=1S/C13H14ClFN2O/c1-18-10-5-9(6-10)17-12-4-8(15)2-3-11(12)16-13(17)7-14/h2-4,9-10H,5-7H2,1H3. The second kappa shape index (κ2) is 4.52. The van der Waals surface area contributed by atoms with Crippen LogP contribution in [0.4, 0.5) is 4.39 Å². The maximum absolute atomic E-state index is 13.4. The highest BCUT2D eigenvalue weighted by Gasteiger charge is 2.32. The van der Waals surface area contributed by atoms with Gasteiger partial charge in [-0.2, -0.15) is 0 Å². The third-order valence-electron chi connectivity index (χ3n) is 3.61. The number of imidazole rings is 1. The normalized spacial score (nSPS) is 23.3. The Morgan fingerprint density at radius 3 is 2.94 bits per heavy atom. The fraction of sp³-hybridized carbons (Fsp3) is 0.462. The Bertz CT molecular complexity index is 578. The van der Waals surface area contributed by atoms with Gasteiger partial charge in [0.25, 0.3) is 0 Å². The van der Waals surface area contributed by atoms with Crippen LogP contribution in [0.3, 0.4) is 0 Å². The van der Waals surface area contributed by atoms with Crippen LogP contribution in [0.15, 0.2) is 18.2 Å². The van der Waals surface area contributed by atoms with Crippen molar-refractivity contribution in [3.8, 4) is 0 Å². The van der Waals surface area contributed by atoms with Crippen molar-refractivity contribution in [2.75, 3.05) is 7.11 Å². The van der Waals surface area contributed by atoms with E-state index in [9.17, 15) is 4.39 Å². The molecule has 0 unspecified atom stereocenters. The first-order valence-corrected chi connectivity index (χ1v) is 6.51. The third kappa shape index (κ3) is 1.80. The van der Waals surface area contributed by atoms with Gasteiger partial charge in [-0.25, -0.2) is 9.37 Å². The molecule has 1 fully saturated rings. The van der Waals surface area contributed by atoms with Crippen LogP contribution in [-0.2, 0) is 10.6 Å². The van der Waals surface area contributed by atoms with Gasteiger partial charge >= 0.3 is 0 Å². The molecule has 0 spiro atoms. The zero-order valence-corrected chi connectivity index (χ0v) is 10.8. The number of halogens is 2. The molecule has 2 aromatic rings. The lowest BCUT2D eigenvalue weighted by Crippen LogP contribution is -2.33. The molecule has 1 aromatic carbocycles. The van der Waals surface area contributed by atoms with E-state index in [0.29, 0.717) is 18.0 Å². The van der Waals surface area contributed by atoms with Crippen molar-refractivity contribution in [2.24, 2.45) is 0 Å². The number of methoxy groups -OCH3 is 1. The minimum atomic E-state index is -0.243. The molecule has 0 N–H and O–H groups in total. The Morgan fingerprint density at radius 1 is 1.50 bits per heavy atom. The number of hydrogen-bond acceptors (Lipinski definition) is 2. The summed E-state index contributed by atoms with van der Waals surface area (Å²) >= 11 is 5.93. The summed E-state index contributed by atoms with van der Waals surface area (Å²) in [5, 5.41) is 0. The monoisotopic (exact) mass is 268 g/mol. The van der Waals surface area contributed by atoms with Crippen molar-refractivity contribution in [3.63, 3.8) is 0 Å². The quantitative estimate of drug-likeness (QED) is 0.799. The van der Waals surface area contributed by atoms with Crippen LogP contribution in [-0.4, -0.2) is 22.8 Å². The number of rotatable bonds is 3. The number of fused-ring (bicyclic) bond motifs is 1. The second-order valence-electron chi connectivity index (χ2n) is 4.65. The predicted molar refractivity (Wildman–Crippen MR) is 68.3 cm³/mol. The highest BCUT2D eigenvalue weighted by molar-refractivity contribution is 6.16. The van der Waals surface area contributed by atoms with E-state index in [2.05, 4.69) is 9.55 Å². The molecule has 0 radical (unpaired) electrons. The number of benzene rings is 1. The average molecular weight is 269 g/mol. The van der Waals surface area contributed by atoms with E-state index in [0.717, 1.165) is 29.7 Å². The summed E-state index contributed by atoms with van der Waals surface area (Å²) in [5.41, 5.74) is 1.62. The fourth-order valence-corrected chi connectivity index (χ4v) is 2.75. The van der Waals surface area contributed by atoms with Crippen molar-refractivity contribution in [1.29, 1.82) is 0 Å². The first-order valence-electron chi connectivity index (χ1n) is 5.98. The molecule has 0 atom stereocenters. The van der Waals surface area contributed by atoms with Crippen molar-refractivity contribution in [3.05, 3.63) is 29.8 Å². The van der Waals surface area contributed by atoms with E-state index in [1.807, 2.05) is 0 Å². The highest BCUT2D eigenvalue weighted by Crippen LogP contribution is 2.37. The van der Waals surface area contributed by atoms with Crippen LogP contribution in [0, 0.1) is 5.82 Å². The van der Waals surface area contributed by atoms with Gasteiger partial charge in [0.2, 0.25) is 0 Å². The molecule has 0 aliphatic heterocycles. The summed E-state index contributed by atoms with van der Waals surface area (Å²) in [7, 11) is 1.72. The molecule has 0 amide bonds. The predicted octanol–water partition coefficient (Wildman–Crippen LogP) is 3.26. The fourth-order valence-electron chi connectivity index (χ4n) is 2.56. The van der Waals surface area contributed by atoms with Gasteiger partial charge in [-0.3, -0.25) is 0 Å². The van der Waals surface area contributed by atoms with Gasteiger partial charge in [0.1, 0.15) is 11.6 Å². The van der Waals surface area contributed by atoms with E-state index in [1.165, 1.54) is 12.1 Å².